The van der Waals surface area contributed by atoms with E-state index in [9.17, 15) is 0 Å². The first-order valence-corrected chi connectivity index (χ1v) is 12.7. The van der Waals surface area contributed by atoms with E-state index in [1.165, 1.54) is 36.0 Å². The molecule has 0 atom stereocenters. The molecule has 1 aliphatic heterocycles. The van der Waals surface area contributed by atoms with E-state index >= 15 is 0 Å². The van der Waals surface area contributed by atoms with Gasteiger partial charge in [-0.3, -0.25) is 0 Å². The normalized spacial score (nSPS) is 13.7. The van der Waals surface area contributed by atoms with Crippen molar-refractivity contribution in [2.45, 2.75) is 57.3 Å². The summed E-state index contributed by atoms with van der Waals surface area (Å²) in [5.74, 6) is 1.88. The van der Waals surface area contributed by atoms with Crippen LogP contribution in [0.1, 0.15) is 62.1 Å². The van der Waals surface area contributed by atoms with Crippen molar-refractivity contribution in [2.24, 2.45) is 0 Å². The van der Waals surface area contributed by atoms with Gasteiger partial charge in [0.25, 0.3) is 0 Å². The van der Waals surface area contributed by atoms with E-state index in [1.54, 1.807) is 0 Å². The highest BCUT2D eigenvalue weighted by Crippen LogP contribution is 2.53. The van der Waals surface area contributed by atoms with Gasteiger partial charge >= 0.3 is 0 Å². The van der Waals surface area contributed by atoms with Crippen LogP contribution >= 0.6 is 0 Å². The molecule has 0 fully saturated rings. The topological polar surface area (TPSA) is 21.3 Å². The molecule has 0 amide bonds. The first-order chi connectivity index (χ1) is 16.8. The van der Waals surface area contributed by atoms with Gasteiger partial charge in [-0.05, 0) is 63.1 Å². The lowest BCUT2D eigenvalue weighted by Gasteiger charge is -2.42. The second-order valence-electron chi connectivity index (χ2n) is 9.16. The number of ether oxygens (including phenoxy) is 1. The largest absolute Gasteiger partial charge is 0.457 e. The average molecular weight is 452 g/mol. The molecule has 0 saturated heterocycles. The third-order valence-corrected chi connectivity index (χ3v) is 6.91. The highest BCUT2D eigenvalue weighted by molar-refractivity contribution is 5.61. The van der Waals surface area contributed by atoms with Gasteiger partial charge in [-0.1, -0.05) is 91.9 Å². The maximum absolute atomic E-state index is 6.35. The molecular formula is C32H37NO. The van der Waals surface area contributed by atoms with Gasteiger partial charge in [0, 0.05) is 23.4 Å². The van der Waals surface area contributed by atoms with Crippen LogP contribution in [0.3, 0.4) is 0 Å². The molecule has 4 rings (SSSR count). The monoisotopic (exact) mass is 451 g/mol. The highest BCUT2D eigenvalue weighted by Gasteiger charge is 2.43. The Labute approximate surface area is 205 Å². The van der Waals surface area contributed by atoms with Crippen LogP contribution in [0.5, 0.6) is 11.5 Å². The Balaban J connectivity index is 1.59. The van der Waals surface area contributed by atoms with Gasteiger partial charge in [-0.25, -0.2) is 0 Å². The van der Waals surface area contributed by atoms with Crippen LogP contribution in [-0.2, 0) is 11.8 Å². The van der Waals surface area contributed by atoms with Gasteiger partial charge in [0.2, 0.25) is 0 Å². The number of hydrogen-bond donors (Lipinski definition) is 1. The smallest absolute Gasteiger partial charge is 0.131 e. The molecule has 0 unspecified atom stereocenters. The number of aryl methyl sites for hydroxylation is 1. The molecule has 1 N–H and O–H groups in total. The van der Waals surface area contributed by atoms with Crippen LogP contribution < -0.4 is 10.1 Å². The van der Waals surface area contributed by atoms with Crippen LogP contribution in [-0.4, -0.2) is 6.54 Å². The molecule has 3 aromatic carbocycles. The lowest BCUT2D eigenvalue weighted by Crippen LogP contribution is -2.39. The highest BCUT2D eigenvalue weighted by atomic mass is 16.5. The van der Waals surface area contributed by atoms with Gasteiger partial charge < -0.3 is 10.1 Å². The standard InChI is InChI=1S/C32H37NO/c1-3-4-5-6-7-15-25-33-26(2)32(24-16-19-27-17-9-8-10-18-27)28-20-11-13-22-30(28)34-31-23-14-12-21-29(31)32/h3-4,8-14,17-18,20-23,33H,2,5-7,15-16,19,24-25H2,1H3/b4-3-. The predicted molar refractivity (Wildman–Crippen MR) is 144 cm³/mol. The van der Waals surface area contributed by atoms with Gasteiger partial charge in [-0.2, -0.15) is 0 Å². The summed E-state index contributed by atoms with van der Waals surface area (Å²) in [4.78, 5) is 0. The SMILES string of the molecule is C=C(NCCCCC/C=C\C)C1(CCCc2ccccc2)c2ccccc2Oc2ccccc21. The Morgan fingerprint density at radius 1 is 0.824 bits per heavy atom. The molecule has 0 aliphatic carbocycles. The maximum atomic E-state index is 6.35. The van der Waals surface area contributed by atoms with Crippen LogP contribution in [0.15, 0.2) is 103 Å². The van der Waals surface area contributed by atoms with Crippen molar-refractivity contribution in [1.29, 1.82) is 0 Å². The minimum absolute atomic E-state index is 0.314. The number of para-hydroxylation sites is 2. The molecule has 34 heavy (non-hydrogen) atoms. The summed E-state index contributed by atoms with van der Waals surface area (Å²) < 4.78 is 6.35. The van der Waals surface area contributed by atoms with E-state index in [4.69, 9.17) is 4.74 Å². The summed E-state index contributed by atoms with van der Waals surface area (Å²) in [7, 11) is 0. The summed E-state index contributed by atoms with van der Waals surface area (Å²) in [5.41, 5.74) is 4.58. The van der Waals surface area contributed by atoms with Crippen molar-refractivity contribution in [1.82, 2.24) is 5.32 Å². The van der Waals surface area contributed by atoms with E-state index in [1.807, 2.05) is 0 Å². The Hall–Kier alpha value is -3.26. The summed E-state index contributed by atoms with van der Waals surface area (Å²) in [6, 6.07) is 27.8. The molecule has 0 saturated carbocycles. The summed E-state index contributed by atoms with van der Waals surface area (Å²) in [6.07, 6.45) is 12.3. The van der Waals surface area contributed by atoms with Crippen LogP contribution in [0.25, 0.3) is 0 Å². The van der Waals surface area contributed by atoms with Crippen molar-refractivity contribution < 1.29 is 4.74 Å². The van der Waals surface area contributed by atoms with E-state index in [2.05, 4.69) is 110 Å². The lowest BCUT2D eigenvalue weighted by molar-refractivity contribution is 0.387. The zero-order valence-corrected chi connectivity index (χ0v) is 20.4. The summed E-state index contributed by atoms with van der Waals surface area (Å²) >= 11 is 0. The zero-order chi connectivity index (χ0) is 23.6. The quantitative estimate of drug-likeness (QED) is 0.221. The van der Waals surface area contributed by atoms with Crippen molar-refractivity contribution in [3.05, 3.63) is 120 Å². The molecule has 0 aromatic heterocycles. The Morgan fingerprint density at radius 3 is 2.15 bits per heavy atom. The number of benzene rings is 3. The van der Waals surface area contributed by atoms with Crippen molar-refractivity contribution in [2.75, 3.05) is 6.54 Å². The molecule has 2 heteroatoms. The fraction of sp³-hybridized carbons (Fsp3) is 0.312. The molecule has 0 bridgehead atoms. The number of fused-ring (bicyclic) bond motifs is 2. The molecule has 0 radical (unpaired) electrons. The summed E-state index contributed by atoms with van der Waals surface area (Å²) in [5, 5.41) is 3.75. The number of nitrogens with one attached hydrogen (secondary N) is 1. The predicted octanol–water partition coefficient (Wildman–Crippen LogP) is 8.34. The van der Waals surface area contributed by atoms with E-state index in [0.717, 1.165) is 49.4 Å². The van der Waals surface area contributed by atoms with Gasteiger partial charge in [-0.15, -0.1) is 0 Å². The molecule has 1 aliphatic rings. The van der Waals surface area contributed by atoms with Crippen molar-refractivity contribution in [3.63, 3.8) is 0 Å². The van der Waals surface area contributed by atoms with Crippen LogP contribution in [0.2, 0.25) is 0 Å². The minimum Gasteiger partial charge on any atom is -0.457 e. The Kier molecular flexibility index (Phi) is 8.25. The van der Waals surface area contributed by atoms with E-state index in [0.29, 0.717) is 0 Å². The van der Waals surface area contributed by atoms with E-state index < -0.39 is 0 Å². The molecule has 2 nitrogen and oxygen atoms in total. The Morgan fingerprint density at radius 2 is 1.47 bits per heavy atom. The number of unbranched alkanes of at least 4 members (excludes halogenated alkanes) is 3. The third-order valence-electron chi connectivity index (χ3n) is 6.91. The van der Waals surface area contributed by atoms with Crippen molar-refractivity contribution in [3.8, 4) is 11.5 Å². The van der Waals surface area contributed by atoms with Crippen molar-refractivity contribution >= 4 is 0 Å². The average Bonchev–Trinajstić information content (AvgIpc) is 2.88. The maximum Gasteiger partial charge on any atom is 0.131 e. The molecule has 0 spiro atoms. The van der Waals surface area contributed by atoms with Crippen LogP contribution in [0.4, 0.5) is 0 Å². The third kappa shape index (κ3) is 5.28. The second-order valence-corrected chi connectivity index (χ2v) is 9.16. The zero-order valence-electron chi connectivity index (χ0n) is 20.4. The molecule has 1 heterocycles. The number of hydrogen-bond acceptors (Lipinski definition) is 2. The van der Waals surface area contributed by atoms with E-state index in [-0.39, 0.29) is 5.41 Å². The second kappa shape index (κ2) is 11.7. The fourth-order valence-electron chi connectivity index (χ4n) is 5.15. The first-order valence-electron chi connectivity index (χ1n) is 12.7. The number of allylic oxidation sites excluding steroid dienone is 3. The van der Waals surface area contributed by atoms with Crippen LogP contribution in [0, 0.1) is 0 Å². The van der Waals surface area contributed by atoms with Gasteiger partial charge in [0.15, 0.2) is 0 Å². The van der Waals surface area contributed by atoms with Gasteiger partial charge in [0.1, 0.15) is 11.5 Å². The fourth-order valence-corrected chi connectivity index (χ4v) is 5.15. The molecular weight excluding hydrogens is 414 g/mol. The summed E-state index contributed by atoms with van der Waals surface area (Å²) in [6.45, 7) is 7.68. The molecule has 3 aromatic rings. The van der Waals surface area contributed by atoms with Gasteiger partial charge in [0.05, 0.1) is 5.41 Å². The Bertz CT molecular complexity index is 1050. The minimum atomic E-state index is -0.314. The molecule has 176 valence electrons. The number of rotatable bonds is 12. The lowest BCUT2D eigenvalue weighted by atomic mass is 9.67. The first kappa shape index (κ1) is 23.9.